The molecule has 6 rings (SSSR count). The number of hydrogen-bond donors (Lipinski definition) is 7. The molecule has 1 aromatic heterocycles. The van der Waals surface area contributed by atoms with Gasteiger partial charge in [0.25, 0.3) is 5.91 Å². The molecule has 8 atom stereocenters. The molecule has 16 nitrogen and oxygen atoms in total. The molecule has 16 heteroatoms. The van der Waals surface area contributed by atoms with Crippen molar-refractivity contribution in [3.63, 3.8) is 0 Å². The Balaban J connectivity index is 1.37. The van der Waals surface area contributed by atoms with Gasteiger partial charge in [-0.25, -0.2) is 0 Å². The van der Waals surface area contributed by atoms with Crippen LogP contribution in [0.15, 0.2) is 60.8 Å². The molecule has 0 unspecified atom stereocenters. The highest BCUT2D eigenvalue weighted by Crippen LogP contribution is 2.29. The van der Waals surface area contributed by atoms with Crippen molar-refractivity contribution in [1.29, 1.82) is 0 Å². The fourth-order valence-electron chi connectivity index (χ4n) is 8.15. The summed E-state index contributed by atoms with van der Waals surface area (Å²) in [6.07, 6.45) is 2.61. The summed E-state index contributed by atoms with van der Waals surface area (Å²) in [5.41, 5.74) is 2.03. The van der Waals surface area contributed by atoms with Gasteiger partial charge in [0, 0.05) is 42.3 Å². The second kappa shape index (κ2) is 18.7. The molecule has 7 amide bonds. The Labute approximate surface area is 337 Å². The van der Waals surface area contributed by atoms with Gasteiger partial charge in [0.1, 0.15) is 30.2 Å². The Bertz CT molecular complexity index is 2000. The van der Waals surface area contributed by atoms with E-state index >= 15 is 0 Å². The van der Waals surface area contributed by atoms with Gasteiger partial charge in [-0.3, -0.25) is 33.6 Å². The van der Waals surface area contributed by atoms with Crippen LogP contribution in [0.25, 0.3) is 10.9 Å². The van der Waals surface area contributed by atoms with Crippen molar-refractivity contribution in [2.24, 2.45) is 11.8 Å². The van der Waals surface area contributed by atoms with Gasteiger partial charge >= 0.3 is 0 Å². The molecule has 58 heavy (non-hydrogen) atoms. The number of carbonyl (C=O) groups is 7. The van der Waals surface area contributed by atoms with Crippen LogP contribution in [0.5, 0.6) is 0 Å². The van der Waals surface area contributed by atoms with Gasteiger partial charge in [-0.15, -0.1) is 0 Å². The number of amides is 7. The van der Waals surface area contributed by atoms with E-state index in [2.05, 4.69) is 31.6 Å². The minimum atomic E-state index is -1.49. The number of aliphatic hydroxyl groups excluding tert-OH is 1. The van der Waals surface area contributed by atoms with Crippen LogP contribution in [0.2, 0.25) is 0 Å². The Morgan fingerprint density at radius 3 is 2.07 bits per heavy atom. The van der Waals surface area contributed by atoms with E-state index in [4.69, 9.17) is 0 Å². The number of aromatic nitrogens is 1. The van der Waals surface area contributed by atoms with E-state index in [1.165, 1.54) is 16.7 Å². The summed E-state index contributed by atoms with van der Waals surface area (Å²) in [5, 5.41) is 25.3. The average Bonchev–Trinajstić information content (AvgIpc) is 4.01. The van der Waals surface area contributed by atoms with Crippen molar-refractivity contribution in [2.45, 2.75) is 95.6 Å². The first kappa shape index (κ1) is 41.9. The molecule has 0 bridgehead atoms. The van der Waals surface area contributed by atoms with Gasteiger partial charge in [-0.1, -0.05) is 68.8 Å². The topological polar surface area (TPSA) is 222 Å². The maximum atomic E-state index is 14.7. The van der Waals surface area contributed by atoms with Gasteiger partial charge in [-0.2, -0.15) is 0 Å². The highest BCUT2D eigenvalue weighted by atomic mass is 16.3. The summed E-state index contributed by atoms with van der Waals surface area (Å²) < 4.78 is 0. The van der Waals surface area contributed by atoms with Crippen LogP contribution in [-0.2, 0) is 40.0 Å². The molecule has 4 heterocycles. The number of nitrogens with one attached hydrogen (secondary N) is 6. The zero-order valence-electron chi connectivity index (χ0n) is 33.2. The Morgan fingerprint density at radius 1 is 0.724 bits per heavy atom. The first-order valence-electron chi connectivity index (χ1n) is 20.2. The number of aliphatic hydroxyl groups is 1. The van der Waals surface area contributed by atoms with Crippen molar-refractivity contribution in [2.75, 3.05) is 26.2 Å². The molecule has 310 valence electrons. The van der Waals surface area contributed by atoms with Gasteiger partial charge in [-0.05, 0) is 56.6 Å². The van der Waals surface area contributed by atoms with E-state index in [1.807, 2.05) is 61.5 Å². The Kier molecular flexibility index (Phi) is 13.5. The van der Waals surface area contributed by atoms with Crippen LogP contribution in [0.1, 0.15) is 70.0 Å². The molecule has 0 radical (unpaired) electrons. The summed E-state index contributed by atoms with van der Waals surface area (Å²) in [7, 11) is 0. The summed E-state index contributed by atoms with van der Waals surface area (Å²) in [4.78, 5) is 104. The van der Waals surface area contributed by atoms with Gasteiger partial charge in [0.15, 0.2) is 0 Å². The highest BCUT2D eigenvalue weighted by molar-refractivity contribution is 5.99. The summed E-state index contributed by atoms with van der Waals surface area (Å²) >= 11 is 0. The number of H-pyrrole nitrogens is 1. The lowest BCUT2D eigenvalue weighted by molar-refractivity contribution is -0.143. The number of fused-ring (bicyclic) bond motifs is 3. The van der Waals surface area contributed by atoms with Crippen molar-refractivity contribution < 1.29 is 38.7 Å². The molecular weight excluding hydrogens is 745 g/mol. The second-order valence-corrected chi connectivity index (χ2v) is 15.6. The Morgan fingerprint density at radius 2 is 1.36 bits per heavy atom. The van der Waals surface area contributed by atoms with Crippen molar-refractivity contribution in [1.82, 2.24) is 41.4 Å². The SMILES string of the molecule is CC[C@H](C)[C@H]1NC(=O)[C@H]([C@@H](C)O)NC(=O)[C@@H]2CCCN2C(=O)CNC(=O)[C@@H](Cc2ccccc2)CNC(=O)[C@H]2CCCN2C(=O)[C@H](c2c[nH]c3ccccc23)NC1=O. The van der Waals surface area contributed by atoms with Crippen LogP contribution in [-0.4, -0.2) is 118 Å². The van der Waals surface area contributed by atoms with Gasteiger partial charge in [0.2, 0.25) is 35.4 Å². The van der Waals surface area contributed by atoms with Gasteiger partial charge in [0.05, 0.1) is 18.6 Å². The van der Waals surface area contributed by atoms with Crippen LogP contribution in [0.4, 0.5) is 0 Å². The molecule has 3 fully saturated rings. The molecule has 3 aliphatic rings. The number of hydrogen-bond acceptors (Lipinski definition) is 8. The Hall–Kier alpha value is -5.77. The number of nitrogens with zero attached hydrogens (tertiary/aromatic N) is 2. The molecule has 3 aliphatic heterocycles. The highest BCUT2D eigenvalue weighted by Gasteiger charge is 2.42. The average molecular weight is 799 g/mol. The molecule has 7 N–H and O–H groups in total. The first-order chi connectivity index (χ1) is 27.9. The predicted octanol–water partition coefficient (Wildman–Crippen LogP) is 0.809. The number of carbonyl (C=O) groups excluding carboxylic acids is 7. The van der Waals surface area contributed by atoms with E-state index in [0.717, 1.165) is 11.1 Å². The second-order valence-electron chi connectivity index (χ2n) is 15.6. The largest absolute Gasteiger partial charge is 0.391 e. The number of rotatable bonds is 6. The lowest BCUT2D eigenvalue weighted by atomic mass is 9.96. The maximum absolute atomic E-state index is 14.7. The smallest absolute Gasteiger partial charge is 0.250 e. The minimum absolute atomic E-state index is 0.0827. The van der Waals surface area contributed by atoms with E-state index in [1.54, 1.807) is 13.1 Å². The van der Waals surface area contributed by atoms with Crippen LogP contribution >= 0.6 is 0 Å². The minimum Gasteiger partial charge on any atom is -0.391 e. The summed E-state index contributed by atoms with van der Waals surface area (Å²) in [6, 6.07) is 10.7. The normalized spacial score (nSPS) is 26.9. The fraction of sp³-hybridized carbons (Fsp3) is 0.500. The third kappa shape index (κ3) is 9.33. The third-order valence-electron chi connectivity index (χ3n) is 11.7. The molecular formula is C42H54N8O8. The quantitative estimate of drug-likeness (QED) is 0.189. The monoisotopic (exact) mass is 798 g/mol. The number of para-hydroxylation sites is 1. The lowest BCUT2D eigenvalue weighted by Gasteiger charge is -2.32. The maximum Gasteiger partial charge on any atom is 0.250 e. The van der Waals surface area contributed by atoms with Gasteiger partial charge < -0.3 is 46.5 Å². The summed E-state index contributed by atoms with van der Waals surface area (Å²) in [5.74, 6) is -5.39. The zero-order chi connectivity index (χ0) is 41.5. The van der Waals surface area contributed by atoms with E-state index in [9.17, 15) is 38.7 Å². The number of benzene rings is 2. The summed E-state index contributed by atoms with van der Waals surface area (Å²) in [6.45, 7) is 4.93. The molecule has 0 aliphatic carbocycles. The molecule has 3 aromatic rings. The van der Waals surface area contributed by atoms with Crippen molar-refractivity contribution in [3.8, 4) is 0 Å². The van der Waals surface area contributed by atoms with Crippen molar-refractivity contribution >= 4 is 52.3 Å². The molecule has 0 saturated carbocycles. The molecule has 3 saturated heterocycles. The van der Waals surface area contributed by atoms with Crippen molar-refractivity contribution in [3.05, 3.63) is 71.9 Å². The lowest BCUT2D eigenvalue weighted by Crippen LogP contribution is -2.61. The van der Waals surface area contributed by atoms with Crippen LogP contribution in [0, 0.1) is 11.8 Å². The van der Waals surface area contributed by atoms with E-state index < -0.39 is 96.0 Å². The van der Waals surface area contributed by atoms with E-state index in [0.29, 0.717) is 43.1 Å². The molecule has 0 spiro atoms. The number of aromatic amines is 1. The first-order valence-corrected chi connectivity index (χ1v) is 20.2. The van der Waals surface area contributed by atoms with Crippen LogP contribution in [0.3, 0.4) is 0 Å². The zero-order valence-corrected chi connectivity index (χ0v) is 33.2. The third-order valence-corrected chi connectivity index (χ3v) is 11.7. The standard InChI is InChI=1S/C42H54N8O8/c1-4-24(2)34-40(56)48-36(29-22-43-30-15-9-8-14-28(29)30)42(58)50-19-11-16-31(50)38(54)44-21-27(20-26-12-6-5-7-13-26)37(53)45-23-33(52)49-18-10-17-32(49)39(55)47-35(25(3)51)41(57)46-34/h5-9,12-15,22,24-25,27,31-32,34-36,43,51H,4,10-11,16-21,23H2,1-3H3,(H,44,54)(H,45,53)(H,46,57)(H,47,55)(H,48,56)/t24-,25+,27-,31+,32-,34+,35-,36-/m0/s1. The van der Waals surface area contributed by atoms with Crippen LogP contribution < -0.4 is 26.6 Å². The fourth-order valence-corrected chi connectivity index (χ4v) is 8.15. The molecule has 2 aromatic carbocycles. The van der Waals surface area contributed by atoms with E-state index in [-0.39, 0.29) is 26.1 Å². The predicted molar refractivity (Wildman–Crippen MR) is 213 cm³/mol.